The molecule has 12 heavy (non-hydrogen) atoms. The van der Waals surface area contributed by atoms with E-state index >= 15 is 0 Å². The Kier molecular flexibility index (Phi) is 3.69. The molecule has 3 heteroatoms. The second-order valence-electron chi connectivity index (χ2n) is 2.85. The monoisotopic (exact) mass is 199 g/mol. The van der Waals surface area contributed by atoms with Gasteiger partial charge in [-0.1, -0.05) is 12.2 Å². The fourth-order valence-electron chi connectivity index (χ4n) is 1.08. The molecule has 2 N–H and O–H groups in total. The maximum Gasteiger partial charge on any atom is 0.0727 e. The van der Waals surface area contributed by atoms with Gasteiger partial charge in [-0.25, -0.2) is 0 Å². The molecule has 0 aliphatic carbocycles. The third kappa shape index (κ3) is 2.91. The highest BCUT2D eigenvalue weighted by atomic mass is 32.1. The summed E-state index contributed by atoms with van der Waals surface area (Å²) in [7, 11) is 0. The summed E-state index contributed by atoms with van der Waals surface area (Å²) in [6.07, 6.45) is 3.06. The van der Waals surface area contributed by atoms with E-state index in [0.29, 0.717) is 4.99 Å². The topological polar surface area (TPSA) is 26.0 Å². The number of aryl methyl sites for hydroxylation is 2. The predicted octanol–water partition coefficient (Wildman–Crippen LogP) is 2.67. The van der Waals surface area contributed by atoms with Crippen LogP contribution in [0.2, 0.25) is 0 Å². The number of rotatable bonds is 4. The van der Waals surface area contributed by atoms with Crippen LogP contribution in [0.3, 0.4) is 0 Å². The van der Waals surface area contributed by atoms with Gasteiger partial charge in [0, 0.05) is 4.88 Å². The third-order valence-electron chi connectivity index (χ3n) is 1.80. The fourth-order valence-corrected chi connectivity index (χ4v) is 2.18. The Hall–Kier alpha value is -0.410. The van der Waals surface area contributed by atoms with Crippen LogP contribution >= 0.6 is 23.6 Å². The zero-order chi connectivity index (χ0) is 8.97. The molecule has 0 aromatic carbocycles. The van der Waals surface area contributed by atoms with Crippen LogP contribution < -0.4 is 5.73 Å². The predicted molar refractivity (Wildman–Crippen MR) is 58.8 cm³/mol. The molecule has 0 aliphatic rings. The Morgan fingerprint density at radius 2 is 2.42 bits per heavy atom. The second-order valence-corrected chi connectivity index (χ2v) is 4.37. The molecule has 0 atom stereocenters. The molecule has 0 saturated carbocycles. The molecular formula is C9H13NS2. The summed E-state index contributed by atoms with van der Waals surface area (Å²) in [5, 5.41) is 2.13. The minimum atomic E-state index is 0.629. The zero-order valence-electron chi connectivity index (χ0n) is 7.17. The molecule has 1 rings (SSSR count). The Morgan fingerprint density at radius 3 is 2.92 bits per heavy atom. The number of nitrogens with two attached hydrogens (primary N) is 1. The van der Waals surface area contributed by atoms with E-state index in [1.165, 1.54) is 10.4 Å². The van der Waals surface area contributed by atoms with E-state index in [0.717, 1.165) is 19.3 Å². The Morgan fingerprint density at radius 1 is 1.67 bits per heavy atom. The highest BCUT2D eigenvalue weighted by molar-refractivity contribution is 7.80. The largest absolute Gasteiger partial charge is 0.393 e. The lowest BCUT2D eigenvalue weighted by molar-refractivity contribution is 0.876. The summed E-state index contributed by atoms with van der Waals surface area (Å²) >= 11 is 6.62. The van der Waals surface area contributed by atoms with Crippen molar-refractivity contribution in [3.8, 4) is 0 Å². The van der Waals surface area contributed by atoms with Crippen molar-refractivity contribution in [2.75, 3.05) is 0 Å². The lowest BCUT2D eigenvalue weighted by Crippen LogP contribution is -2.07. The van der Waals surface area contributed by atoms with E-state index in [-0.39, 0.29) is 0 Å². The first kappa shape index (κ1) is 9.68. The maximum absolute atomic E-state index is 5.40. The van der Waals surface area contributed by atoms with Gasteiger partial charge in [0.1, 0.15) is 0 Å². The maximum atomic E-state index is 5.40. The van der Waals surface area contributed by atoms with Gasteiger partial charge in [0.15, 0.2) is 0 Å². The van der Waals surface area contributed by atoms with Crippen molar-refractivity contribution in [3.05, 3.63) is 21.9 Å². The van der Waals surface area contributed by atoms with Crippen LogP contribution in [0, 0.1) is 6.92 Å². The van der Waals surface area contributed by atoms with Gasteiger partial charge in [0.2, 0.25) is 0 Å². The van der Waals surface area contributed by atoms with Gasteiger partial charge in [-0.05, 0) is 43.2 Å². The van der Waals surface area contributed by atoms with Crippen molar-refractivity contribution >= 4 is 28.5 Å². The molecule has 0 amide bonds. The van der Waals surface area contributed by atoms with E-state index in [4.69, 9.17) is 18.0 Å². The Bertz CT molecular complexity index is 265. The van der Waals surface area contributed by atoms with E-state index < -0.39 is 0 Å². The summed E-state index contributed by atoms with van der Waals surface area (Å²) < 4.78 is 0. The minimum absolute atomic E-state index is 0.629. The van der Waals surface area contributed by atoms with E-state index in [1.54, 1.807) is 0 Å². The van der Waals surface area contributed by atoms with E-state index in [9.17, 15) is 0 Å². The van der Waals surface area contributed by atoms with E-state index in [1.807, 2.05) is 11.3 Å². The van der Waals surface area contributed by atoms with Crippen molar-refractivity contribution in [3.63, 3.8) is 0 Å². The van der Waals surface area contributed by atoms with Gasteiger partial charge in [-0.3, -0.25) is 0 Å². The lowest BCUT2D eigenvalue weighted by atomic mass is 10.1. The molecule has 66 valence electrons. The number of thiocarbonyl (C=S) groups is 1. The first-order valence-electron chi connectivity index (χ1n) is 4.01. The van der Waals surface area contributed by atoms with Crippen molar-refractivity contribution in [1.29, 1.82) is 0 Å². The van der Waals surface area contributed by atoms with Crippen LogP contribution in [0.25, 0.3) is 0 Å². The van der Waals surface area contributed by atoms with Gasteiger partial charge < -0.3 is 5.73 Å². The van der Waals surface area contributed by atoms with Crippen molar-refractivity contribution in [2.45, 2.75) is 26.2 Å². The molecule has 1 heterocycles. The smallest absolute Gasteiger partial charge is 0.0727 e. The molecule has 0 aliphatic heterocycles. The first-order chi connectivity index (χ1) is 5.70. The Balaban J connectivity index is 2.33. The zero-order valence-corrected chi connectivity index (χ0v) is 8.80. The molecule has 1 nitrogen and oxygen atoms in total. The van der Waals surface area contributed by atoms with Crippen LogP contribution in [0.4, 0.5) is 0 Å². The molecule has 0 radical (unpaired) electrons. The van der Waals surface area contributed by atoms with Gasteiger partial charge in [0.25, 0.3) is 0 Å². The average molecular weight is 199 g/mol. The SMILES string of the molecule is Cc1ccsc1CCCC(N)=S. The van der Waals surface area contributed by atoms with Crippen LogP contribution in [0.1, 0.15) is 23.3 Å². The molecule has 1 aromatic rings. The van der Waals surface area contributed by atoms with E-state index in [2.05, 4.69) is 18.4 Å². The van der Waals surface area contributed by atoms with Crippen molar-refractivity contribution in [1.82, 2.24) is 0 Å². The molecule has 0 saturated heterocycles. The molecule has 0 spiro atoms. The minimum Gasteiger partial charge on any atom is -0.393 e. The summed E-state index contributed by atoms with van der Waals surface area (Å²) in [4.78, 5) is 2.09. The highest BCUT2D eigenvalue weighted by Crippen LogP contribution is 2.17. The molecule has 1 aromatic heterocycles. The second kappa shape index (κ2) is 4.58. The Labute approximate surface area is 82.6 Å². The normalized spacial score (nSPS) is 10.1. The van der Waals surface area contributed by atoms with Gasteiger partial charge in [0.05, 0.1) is 4.99 Å². The van der Waals surface area contributed by atoms with Crippen LogP contribution in [-0.2, 0) is 6.42 Å². The standard InChI is InChI=1S/C9H13NS2/c1-7-5-6-12-8(7)3-2-4-9(10)11/h5-6H,2-4H2,1H3,(H2,10,11). The molecular weight excluding hydrogens is 186 g/mol. The number of thiophene rings is 1. The average Bonchev–Trinajstić information content (AvgIpc) is 2.36. The van der Waals surface area contributed by atoms with Crippen LogP contribution in [0.15, 0.2) is 11.4 Å². The first-order valence-corrected chi connectivity index (χ1v) is 5.30. The number of hydrogen-bond donors (Lipinski definition) is 1. The summed E-state index contributed by atoms with van der Waals surface area (Å²) in [6, 6.07) is 2.15. The summed E-state index contributed by atoms with van der Waals surface area (Å²) in [5.74, 6) is 0. The molecule has 0 bridgehead atoms. The van der Waals surface area contributed by atoms with Gasteiger partial charge in [-0.2, -0.15) is 0 Å². The summed E-state index contributed by atoms with van der Waals surface area (Å²) in [6.45, 7) is 2.15. The molecule has 0 unspecified atom stereocenters. The highest BCUT2D eigenvalue weighted by Gasteiger charge is 1.99. The summed E-state index contributed by atoms with van der Waals surface area (Å²) in [5.41, 5.74) is 6.80. The third-order valence-corrected chi connectivity index (χ3v) is 3.08. The molecule has 0 fully saturated rings. The van der Waals surface area contributed by atoms with Gasteiger partial charge >= 0.3 is 0 Å². The van der Waals surface area contributed by atoms with Crippen LogP contribution in [-0.4, -0.2) is 4.99 Å². The quantitative estimate of drug-likeness (QED) is 0.754. The fraction of sp³-hybridized carbons (Fsp3) is 0.444. The number of hydrogen-bond acceptors (Lipinski definition) is 2. The van der Waals surface area contributed by atoms with Crippen molar-refractivity contribution in [2.24, 2.45) is 5.73 Å². The van der Waals surface area contributed by atoms with Crippen molar-refractivity contribution < 1.29 is 0 Å². The van der Waals surface area contributed by atoms with Crippen LogP contribution in [0.5, 0.6) is 0 Å². The lowest BCUT2D eigenvalue weighted by Gasteiger charge is -1.98. The van der Waals surface area contributed by atoms with Gasteiger partial charge in [-0.15, -0.1) is 11.3 Å².